The van der Waals surface area contributed by atoms with Gasteiger partial charge >= 0.3 is 0 Å². The summed E-state index contributed by atoms with van der Waals surface area (Å²) < 4.78 is 23.1. The van der Waals surface area contributed by atoms with E-state index >= 15 is 0 Å². The second-order valence-electron chi connectivity index (χ2n) is 9.88. The second-order valence-corrected chi connectivity index (χ2v) is 10.7. The molecule has 0 spiro atoms. The van der Waals surface area contributed by atoms with Crippen molar-refractivity contribution >= 4 is 34.5 Å². The van der Waals surface area contributed by atoms with Gasteiger partial charge in [-0.15, -0.1) is 0 Å². The molecule has 2 heterocycles. The third-order valence-electron chi connectivity index (χ3n) is 6.95. The van der Waals surface area contributed by atoms with Crippen LogP contribution in [0.3, 0.4) is 0 Å². The lowest BCUT2D eigenvalue weighted by Crippen LogP contribution is -2.39. The fourth-order valence-corrected chi connectivity index (χ4v) is 5.44. The van der Waals surface area contributed by atoms with E-state index in [1.54, 1.807) is 59.9 Å². The molecule has 3 aromatic rings. The maximum atomic E-state index is 13.2. The highest BCUT2D eigenvalue weighted by Gasteiger charge is 2.38. The summed E-state index contributed by atoms with van der Waals surface area (Å²) in [5, 5.41) is 18.6. The Morgan fingerprint density at radius 2 is 1.77 bits per heavy atom. The standard InChI is InChI=1S/C32H39N3O7S/c1-2-41-32-25(11-14-39-16-17-40-15-13-36)26(24-12-18-43-21-24)19-29(42-32)31(38)34-20-22-7-9-23(10-8-22)30(37)35-28-6-4-3-5-27(28)33/h3-10,12,18-19,21,25-26,32,36H,2,11,13-17,20,33H2,1H3,(H,34,38)(H,35,37). The summed E-state index contributed by atoms with van der Waals surface area (Å²) in [6, 6.07) is 16.1. The Hall–Kier alpha value is -3.74. The monoisotopic (exact) mass is 609 g/mol. The van der Waals surface area contributed by atoms with E-state index in [9.17, 15) is 9.59 Å². The Morgan fingerprint density at radius 3 is 2.47 bits per heavy atom. The molecule has 2 amide bonds. The molecule has 1 aliphatic rings. The predicted octanol–water partition coefficient (Wildman–Crippen LogP) is 4.29. The molecule has 3 unspecified atom stereocenters. The van der Waals surface area contributed by atoms with Gasteiger partial charge in [0.15, 0.2) is 5.76 Å². The van der Waals surface area contributed by atoms with E-state index in [1.807, 2.05) is 18.4 Å². The smallest absolute Gasteiger partial charge is 0.286 e. The zero-order chi connectivity index (χ0) is 30.4. The van der Waals surface area contributed by atoms with E-state index in [0.29, 0.717) is 49.8 Å². The van der Waals surface area contributed by atoms with Gasteiger partial charge in [-0.2, -0.15) is 11.3 Å². The van der Waals surface area contributed by atoms with Crippen molar-refractivity contribution in [1.82, 2.24) is 5.32 Å². The zero-order valence-electron chi connectivity index (χ0n) is 24.2. The number of nitrogen functional groups attached to an aromatic ring is 1. The molecule has 11 heteroatoms. The van der Waals surface area contributed by atoms with Gasteiger partial charge in [0.2, 0.25) is 6.29 Å². The van der Waals surface area contributed by atoms with Crippen LogP contribution in [-0.4, -0.2) is 62.9 Å². The molecule has 1 aliphatic heterocycles. The normalized spacial score (nSPS) is 18.0. The van der Waals surface area contributed by atoms with Gasteiger partial charge in [0, 0.05) is 37.2 Å². The van der Waals surface area contributed by atoms with Gasteiger partial charge < -0.3 is 40.4 Å². The Labute approximate surface area is 255 Å². The first kappa shape index (κ1) is 32.2. The number of anilines is 2. The number of carbonyl (C=O) groups is 2. The number of hydrogen-bond donors (Lipinski definition) is 4. The van der Waals surface area contributed by atoms with Crippen molar-refractivity contribution in [2.45, 2.75) is 32.1 Å². The molecule has 43 heavy (non-hydrogen) atoms. The lowest BCUT2D eigenvalue weighted by molar-refractivity contribution is -0.168. The molecule has 230 valence electrons. The number of carbonyl (C=O) groups excluding carboxylic acids is 2. The number of hydrogen-bond acceptors (Lipinski definition) is 9. The number of rotatable bonds is 16. The molecule has 0 aliphatic carbocycles. The maximum Gasteiger partial charge on any atom is 0.286 e. The van der Waals surface area contributed by atoms with E-state index in [-0.39, 0.29) is 49.2 Å². The second kappa shape index (κ2) is 16.8. The van der Waals surface area contributed by atoms with Crippen LogP contribution in [0.15, 0.2) is 77.2 Å². The molecule has 4 rings (SSSR count). The van der Waals surface area contributed by atoms with Gasteiger partial charge in [-0.1, -0.05) is 24.3 Å². The molecule has 0 bridgehead atoms. The average molecular weight is 610 g/mol. The minimum absolute atomic E-state index is 0.0174. The number of nitrogens with two attached hydrogens (primary N) is 1. The first-order chi connectivity index (χ1) is 21.0. The van der Waals surface area contributed by atoms with E-state index in [4.69, 9.17) is 29.8 Å². The fraction of sp³-hybridized carbons (Fsp3) is 0.375. The van der Waals surface area contributed by atoms with Crippen molar-refractivity contribution < 1.29 is 33.6 Å². The molecule has 0 radical (unpaired) electrons. The molecular formula is C32H39N3O7S. The Kier molecular flexibility index (Phi) is 12.6. The van der Waals surface area contributed by atoms with Gasteiger partial charge in [-0.25, -0.2) is 0 Å². The van der Waals surface area contributed by atoms with Crippen molar-refractivity contribution in [2.24, 2.45) is 5.92 Å². The topological polar surface area (TPSA) is 141 Å². The third-order valence-corrected chi connectivity index (χ3v) is 7.65. The highest BCUT2D eigenvalue weighted by Crippen LogP contribution is 2.39. The Bertz CT molecular complexity index is 1330. The molecule has 0 saturated carbocycles. The number of ether oxygens (including phenoxy) is 4. The van der Waals surface area contributed by atoms with Crippen LogP contribution >= 0.6 is 11.3 Å². The van der Waals surface area contributed by atoms with Crippen LogP contribution in [0.5, 0.6) is 0 Å². The van der Waals surface area contributed by atoms with Crippen LogP contribution in [0.4, 0.5) is 11.4 Å². The van der Waals surface area contributed by atoms with Gasteiger partial charge in [-0.3, -0.25) is 9.59 Å². The quantitative estimate of drug-likeness (QED) is 0.139. The molecule has 0 saturated heterocycles. The first-order valence-electron chi connectivity index (χ1n) is 14.3. The average Bonchev–Trinajstić information content (AvgIpc) is 3.56. The number of thiophene rings is 1. The summed E-state index contributed by atoms with van der Waals surface area (Å²) in [6.45, 7) is 4.16. The minimum Gasteiger partial charge on any atom is -0.459 e. The molecule has 5 N–H and O–H groups in total. The summed E-state index contributed by atoms with van der Waals surface area (Å²) >= 11 is 1.60. The summed E-state index contributed by atoms with van der Waals surface area (Å²) in [6.07, 6.45) is 1.91. The van der Waals surface area contributed by atoms with Crippen LogP contribution in [0, 0.1) is 5.92 Å². The predicted molar refractivity (Wildman–Crippen MR) is 166 cm³/mol. The summed E-state index contributed by atoms with van der Waals surface area (Å²) in [5.74, 6) is -0.564. The van der Waals surface area contributed by atoms with Crippen LogP contribution < -0.4 is 16.4 Å². The lowest BCUT2D eigenvalue weighted by Gasteiger charge is -2.36. The SMILES string of the molecule is CCOC1OC(C(=O)NCc2ccc(C(=O)Nc3ccccc3N)cc2)=CC(c2ccsc2)C1CCOCCOCCO. The summed E-state index contributed by atoms with van der Waals surface area (Å²) in [4.78, 5) is 25.9. The van der Waals surface area contributed by atoms with E-state index in [2.05, 4.69) is 22.1 Å². The summed E-state index contributed by atoms with van der Waals surface area (Å²) in [5.41, 5.74) is 9.35. The van der Waals surface area contributed by atoms with Crippen LogP contribution in [0.25, 0.3) is 0 Å². The summed E-state index contributed by atoms with van der Waals surface area (Å²) in [7, 11) is 0. The van der Waals surface area contributed by atoms with Crippen molar-refractivity contribution in [2.75, 3.05) is 50.7 Å². The van der Waals surface area contributed by atoms with Crippen LogP contribution in [-0.2, 0) is 30.3 Å². The van der Waals surface area contributed by atoms with E-state index in [1.165, 1.54) is 0 Å². The molecule has 0 fully saturated rings. The first-order valence-corrected chi connectivity index (χ1v) is 15.3. The Balaban J connectivity index is 1.37. The number of para-hydroxylation sites is 2. The number of amides is 2. The maximum absolute atomic E-state index is 13.2. The molecule has 10 nitrogen and oxygen atoms in total. The zero-order valence-corrected chi connectivity index (χ0v) is 25.0. The number of benzene rings is 2. The van der Waals surface area contributed by atoms with E-state index < -0.39 is 6.29 Å². The highest BCUT2D eigenvalue weighted by molar-refractivity contribution is 7.08. The number of aliphatic hydroxyl groups is 1. The number of aliphatic hydroxyl groups excluding tert-OH is 1. The molecule has 3 atom stereocenters. The molecular weight excluding hydrogens is 570 g/mol. The fourth-order valence-electron chi connectivity index (χ4n) is 4.74. The lowest BCUT2D eigenvalue weighted by atomic mass is 9.82. The highest BCUT2D eigenvalue weighted by atomic mass is 32.1. The van der Waals surface area contributed by atoms with Crippen molar-refractivity contribution in [1.29, 1.82) is 0 Å². The van der Waals surface area contributed by atoms with E-state index in [0.717, 1.165) is 11.1 Å². The number of nitrogens with one attached hydrogen (secondary N) is 2. The van der Waals surface area contributed by atoms with Gasteiger partial charge in [-0.05, 0) is 71.6 Å². The van der Waals surface area contributed by atoms with Crippen molar-refractivity contribution in [3.8, 4) is 0 Å². The molecule has 1 aromatic heterocycles. The van der Waals surface area contributed by atoms with Crippen molar-refractivity contribution in [3.63, 3.8) is 0 Å². The van der Waals surface area contributed by atoms with Gasteiger partial charge in [0.1, 0.15) is 0 Å². The van der Waals surface area contributed by atoms with Gasteiger partial charge in [0.05, 0.1) is 37.8 Å². The van der Waals surface area contributed by atoms with Crippen molar-refractivity contribution in [3.05, 3.63) is 93.9 Å². The van der Waals surface area contributed by atoms with Crippen LogP contribution in [0.1, 0.15) is 40.7 Å². The number of allylic oxidation sites excluding steroid dienone is 1. The van der Waals surface area contributed by atoms with Gasteiger partial charge in [0.25, 0.3) is 11.8 Å². The minimum atomic E-state index is -0.619. The third kappa shape index (κ3) is 9.37. The largest absolute Gasteiger partial charge is 0.459 e. The van der Waals surface area contributed by atoms with Crippen LogP contribution in [0.2, 0.25) is 0 Å². The Morgan fingerprint density at radius 1 is 1.00 bits per heavy atom. The molecule has 2 aromatic carbocycles.